The van der Waals surface area contributed by atoms with Crippen LogP contribution in [0.2, 0.25) is 0 Å². The van der Waals surface area contributed by atoms with Gasteiger partial charge in [0.05, 0.1) is 18.2 Å². The third-order valence-corrected chi connectivity index (χ3v) is 3.10. The summed E-state index contributed by atoms with van der Waals surface area (Å²) in [6.07, 6.45) is 5.35. The molecule has 2 heterocycles. The molecule has 4 nitrogen and oxygen atoms in total. The molecule has 0 spiro atoms. The Labute approximate surface area is 120 Å². The van der Waals surface area contributed by atoms with Crippen LogP contribution in [0.1, 0.15) is 25.1 Å². The Kier molecular flexibility index (Phi) is 5.18. The van der Waals surface area contributed by atoms with Gasteiger partial charge in [-0.25, -0.2) is 0 Å². The minimum absolute atomic E-state index is 0.655. The SMILES string of the molecule is CC(C)CNCc1cc(N(C)Cc2ccoc2)ccn1. The summed E-state index contributed by atoms with van der Waals surface area (Å²) in [6, 6.07) is 6.15. The molecule has 4 heteroatoms. The maximum atomic E-state index is 5.10. The Balaban J connectivity index is 1.94. The van der Waals surface area contributed by atoms with Crippen LogP contribution in [-0.2, 0) is 13.1 Å². The Morgan fingerprint density at radius 2 is 2.20 bits per heavy atom. The molecule has 0 atom stereocenters. The van der Waals surface area contributed by atoms with Crippen molar-refractivity contribution < 1.29 is 4.42 Å². The van der Waals surface area contributed by atoms with E-state index in [4.69, 9.17) is 4.42 Å². The van der Waals surface area contributed by atoms with Crippen molar-refractivity contribution in [2.75, 3.05) is 18.5 Å². The number of hydrogen-bond acceptors (Lipinski definition) is 4. The van der Waals surface area contributed by atoms with E-state index < -0.39 is 0 Å². The smallest absolute Gasteiger partial charge is 0.0952 e. The molecule has 0 radical (unpaired) electrons. The normalized spacial score (nSPS) is 11.0. The highest BCUT2D eigenvalue weighted by Gasteiger charge is 2.05. The molecule has 0 aliphatic heterocycles. The lowest BCUT2D eigenvalue weighted by atomic mass is 10.2. The zero-order valence-electron chi connectivity index (χ0n) is 12.5. The molecule has 0 saturated heterocycles. The molecule has 0 aromatic carbocycles. The molecule has 0 bridgehead atoms. The summed E-state index contributed by atoms with van der Waals surface area (Å²) in [4.78, 5) is 6.60. The molecule has 1 N–H and O–H groups in total. The van der Waals surface area contributed by atoms with Crippen LogP contribution in [0, 0.1) is 5.92 Å². The van der Waals surface area contributed by atoms with Gasteiger partial charge in [0.15, 0.2) is 0 Å². The van der Waals surface area contributed by atoms with Crippen LogP contribution < -0.4 is 10.2 Å². The van der Waals surface area contributed by atoms with E-state index in [1.807, 2.05) is 18.3 Å². The molecule has 0 unspecified atom stereocenters. The van der Waals surface area contributed by atoms with Crippen LogP contribution in [-0.4, -0.2) is 18.6 Å². The lowest BCUT2D eigenvalue weighted by Crippen LogP contribution is -2.20. The summed E-state index contributed by atoms with van der Waals surface area (Å²) in [6.45, 7) is 7.06. The van der Waals surface area contributed by atoms with Crippen LogP contribution in [0.5, 0.6) is 0 Å². The summed E-state index contributed by atoms with van der Waals surface area (Å²) < 4.78 is 5.10. The highest BCUT2D eigenvalue weighted by Crippen LogP contribution is 2.16. The van der Waals surface area contributed by atoms with Crippen LogP contribution in [0.4, 0.5) is 5.69 Å². The van der Waals surface area contributed by atoms with Gasteiger partial charge in [0, 0.05) is 37.6 Å². The van der Waals surface area contributed by atoms with Crippen molar-refractivity contribution in [3.05, 3.63) is 48.2 Å². The molecular weight excluding hydrogens is 250 g/mol. The van der Waals surface area contributed by atoms with E-state index in [0.29, 0.717) is 5.92 Å². The average Bonchev–Trinajstić information content (AvgIpc) is 2.91. The third kappa shape index (κ3) is 4.38. The van der Waals surface area contributed by atoms with Gasteiger partial charge in [-0.15, -0.1) is 0 Å². The summed E-state index contributed by atoms with van der Waals surface area (Å²) in [5, 5.41) is 3.42. The molecule has 2 aromatic heterocycles. The number of pyridine rings is 1. The summed E-state index contributed by atoms with van der Waals surface area (Å²) in [5.74, 6) is 0.655. The molecular formula is C16H23N3O. The average molecular weight is 273 g/mol. The van der Waals surface area contributed by atoms with Gasteiger partial charge < -0.3 is 14.6 Å². The van der Waals surface area contributed by atoms with E-state index in [9.17, 15) is 0 Å². The number of aromatic nitrogens is 1. The van der Waals surface area contributed by atoms with Gasteiger partial charge in [0.25, 0.3) is 0 Å². The van der Waals surface area contributed by atoms with Gasteiger partial charge in [-0.1, -0.05) is 13.8 Å². The molecule has 20 heavy (non-hydrogen) atoms. The topological polar surface area (TPSA) is 41.3 Å². The fourth-order valence-corrected chi connectivity index (χ4v) is 2.04. The molecule has 2 aromatic rings. The minimum Gasteiger partial charge on any atom is -0.472 e. The maximum Gasteiger partial charge on any atom is 0.0952 e. The summed E-state index contributed by atoms with van der Waals surface area (Å²) >= 11 is 0. The van der Waals surface area contributed by atoms with Crippen molar-refractivity contribution in [1.82, 2.24) is 10.3 Å². The lowest BCUT2D eigenvalue weighted by Gasteiger charge is -2.19. The quantitative estimate of drug-likeness (QED) is 0.842. The first-order chi connectivity index (χ1) is 9.65. The second-order valence-electron chi connectivity index (χ2n) is 5.52. The van der Waals surface area contributed by atoms with Crippen molar-refractivity contribution >= 4 is 5.69 Å². The Morgan fingerprint density at radius 3 is 2.90 bits per heavy atom. The van der Waals surface area contributed by atoms with Gasteiger partial charge in [-0.05, 0) is 30.7 Å². The Bertz CT molecular complexity index is 508. The number of nitrogens with one attached hydrogen (secondary N) is 1. The minimum atomic E-state index is 0.655. The maximum absolute atomic E-state index is 5.10. The zero-order valence-corrected chi connectivity index (χ0v) is 12.5. The third-order valence-electron chi connectivity index (χ3n) is 3.10. The fraction of sp³-hybridized carbons (Fsp3) is 0.438. The molecule has 0 aliphatic rings. The number of furan rings is 1. The first kappa shape index (κ1) is 14.6. The van der Waals surface area contributed by atoms with Gasteiger partial charge in [0.1, 0.15) is 0 Å². The van der Waals surface area contributed by atoms with Gasteiger partial charge in [-0.3, -0.25) is 4.98 Å². The van der Waals surface area contributed by atoms with Crippen molar-refractivity contribution in [3.63, 3.8) is 0 Å². The van der Waals surface area contributed by atoms with Crippen molar-refractivity contribution in [2.24, 2.45) is 5.92 Å². The highest BCUT2D eigenvalue weighted by molar-refractivity contribution is 5.46. The predicted octanol–water partition coefficient (Wildman–Crippen LogP) is 3.06. The van der Waals surface area contributed by atoms with Gasteiger partial charge in [-0.2, -0.15) is 0 Å². The Hall–Kier alpha value is -1.81. The van der Waals surface area contributed by atoms with Gasteiger partial charge >= 0.3 is 0 Å². The fourth-order valence-electron chi connectivity index (χ4n) is 2.04. The lowest BCUT2D eigenvalue weighted by molar-refractivity contribution is 0.548. The number of nitrogens with zero attached hydrogens (tertiary/aromatic N) is 2. The van der Waals surface area contributed by atoms with Crippen molar-refractivity contribution in [3.8, 4) is 0 Å². The molecule has 0 amide bonds. The van der Waals surface area contributed by atoms with E-state index in [0.717, 1.165) is 25.3 Å². The van der Waals surface area contributed by atoms with Crippen LogP contribution in [0.25, 0.3) is 0 Å². The molecule has 0 aliphatic carbocycles. The predicted molar refractivity (Wildman–Crippen MR) is 81.6 cm³/mol. The van der Waals surface area contributed by atoms with Crippen molar-refractivity contribution in [1.29, 1.82) is 0 Å². The van der Waals surface area contributed by atoms with E-state index >= 15 is 0 Å². The van der Waals surface area contributed by atoms with Crippen LogP contribution >= 0.6 is 0 Å². The van der Waals surface area contributed by atoms with Crippen LogP contribution in [0.3, 0.4) is 0 Å². The molecule has 0 saturated carbocycles. The Morgan fingerprint density at radius 1 is 1.35 bits per heavy atom. The van der Waals surface area contributed by atoms with E-state index in [1.54, 1.807) is 12.5 Å². The number of hydrogen-bond donors (Lipinski definition) is 1. The molecule has 0 fully saturated rings. The van der Waals surface area contributed by atoms with Crippen LogP contribution in [0.15, 0.2) is 41.3 Å². The van der Waals surface area contributed by atoms with Crippen molar-refractivity contribution in [2.45, 2.75) is 26.9 Å². The zero-order chi connectivity index (χ0) is 14.4. The first-order valence-electron chi connectivity index (χ1n) is 7.03. The monoisotopic (exact) mass is 273 g/mol. The number of anilines is 1. The van der Waals surface area contributed by atoms with Gasteiger partial charge in [0.2, 0.25) is 0 Å². The second-order valence-corrected chi connectivity index (χ2v) is 5.52. The first-order valence-corrected chi connectivity index (χ1v) is 7.03. The number of rotatable bonds is 7. The van der Waals surface area contributed by atoms with E-state index in [-0.39, 0.29) is 0 Å². The van der Waals surface area contributed by atoms with E-state index in [2.05, 4.69) is 42.2 Å². The van der Waals surface area contributed by atoms with E-state index in [1.165, 1.54) is 11.3 Å². The summed E-state index contributed by atoms with van der Waals surface area (Å²) in [7, 11) is 2.08. The highest BCUT2D eigenvalue weighted by atomic mass is 16.3. The largest absolute Gasteiger partial charge is 0.472 e. The molecule has 2 rings (SSSR count). The second kappa shape index (κ2) is 7.10. The standard InChI is InChI=1S/C16H23N3O/c1-13(2)9-17-10-15-8-16(4-6-18-15)19(3)11-14-5-7-20-12-14/h4-8,12-13,17H,9-11H2,1-3H3. The molecule has 108 valence electrons. The summed E-state index contributed by atoms with van der Waals surface area (Å²) in [5.41, 5.74) is 3.41.